The third-order valence-electron chi connectivity index (χ3n) is 3.34. The Kier molecular flexibility index (Phi) is 5.63. The third-order valence-corrected chi connectivity index (χ3v) is 3.92. The van der Waals surface area contributed by atoms with Crippen LogP contribution in [0.4, 0.5) is 11.5 Å². The molecule has 0 unspecified atom stereocenters. The van der Waals surface area contributed by atoms with Crippen LogP contribution in [-0.4, -0.2) is 45.8 Å². The van der Waals surface area contributed by atoms with E-state index in [1.807, 2.05) is 34.9 Å². The van der Waals surface area contributed by atoms with Gasteiger partial charge in [0.1, 0.15) is 17.0 Å². The number of rotatable bonds is 8. The topological polar surface area (TPSA) is 83.7 Å². The van der Waals surface area contributed by atoms with Crippen LogP contribution in [0.1, 0.15) is 0 Å². The SMILES string of the molecule is OCCNCCOc1ccc(Nc2ncc(Br)n3ccnc23)cc1. The van der Waals surface area contributed by atoms with E-state index in [4.69, 9.17) is 9.84 Å². The lowest BCUT2D eigenvalue weighted by molar-refractivity contribution is 0.276. The molecule has 0 amide bonds. The number of aromatic nitrogens is 3. The van der Waals surface area contributed by atoms with Gasteiger partial charge in [-0.25, -0.2) is 9.97 Å². The number of hydrogen-bond acceptors (Lipinski definition) is 6. The maximum absolute atomic E-state index is 8.68. The third kappa shape index (κ3) is 4.02. The summed E-state index contributed by atoms with van der Waals surface area (Å²) < 4.78 is 8.38. The van der Waals surface area contributed by atoms with Crippen LogP contribution in [0.2, 0.25) is 0 Å². The Morgan fingerprint density at radius 1 is 1.17 bits per heavy atom. The lowest BCUT2D eigenvalue weighted by Crippen LogP contribution is -2.23. The van der Waals surface area contributed by atoms with Gasteiger partial charge in [0.25, 0.3) is 0 Å². The van der Waals surface area contributed by atoms with Crippen LogP contribution < -0.4 is 15.4 Å². The normalized spacial score (nSPS) is 10.9. The molecule has 0 spiro atoms. The van der Waals surface area contributed by atoms with Gasteiger partial charge in [0, 0.05) is 31.2 Å². The Morgan fingerprint density at radius 3 is 2.79 bits per heavy atom. The van der Waals surface area contributed by atoms with E-state index in [0.29, 0.717) is 25.5 Å². The van der Waals surface area contributed by atoms with Crippen LogP contribution in [-0.2, 0) is 0 Å². The summed E-state index contributed by atoms with van der Waals surface area (Å²) in [6.45, 7) is 1.96. The highest BCUT2D eigenvalue weighted by atomic mass is 79.9. The van der Waals surface area contributed by atoms with Gasteiger partial charge in [0.05, 0.1) is 12.8 Å². The molecule has 0 saturated carbocycles. The second-order valence-electron chi connectivity index (χ2n) is 5.02. The quantitative estimate of drug-likeness (QED) is 0.510. The minimum Gasteiger partial charge on any atom is -0.492 e. The van der Waals surface area contributed by atoms with Gasteiger partial charge in [0.2, 0.25) is 0 Å². The second kappa shape index (κ2) is 8.09. The standard InChI is InChI=1S/C16H18BrN5O2/c17-14-11-20-15(16-19-5-8-22(14)16)21-12-1-3-13(4-2-12)24-10-7-18-6-9-23/h1-5,8,11,18,23H,6-7,9-10H2,(H,20,21). The number of aliphatic hydroxyl groups is 1. The van der Waals surface area contributed by atoms with Crippen molar-refractivity contribution in [1.29, 1.82) is 0 Å². The van der Waals surface area contributed by atoms with Crippen molar-refractivity contribution in [2.24, 2.45) is 0 Å². The Balaban J connectivity index is 1.61. The average molecular weight is 392 g/mol. The van der Waals surface area contributed by atoms with Gasteiger partial charge in [-0.15, -0.1) is 0 Å². The first kappa shape index (κ1) is 16.7. The molecule has 3 aromatic rings. The van der Waals surface area contributed by atoms with Crippen LogP contribution >= 0.6 is 15.9 Å². The van der Waals surface area contributed by atoms with E-state index in [2.05, 4.69) is 36.5 Å². The average Bonchev–Trinajstić information content (AvgIpc) is 3.09. The number of anilines is 2. The van der Waals surface area contributed by atoms with Gasteiger partial charge >= 0.3 is 0 Å². The zero-order valence-corrected chi connectivity index (χ0v) is 14.5. The molecule has 0 aliphatic carbocycles. The second-order valence-corrected chi connectivity index (χ2v) is 5.83. The maximum Gasteiger partial charge on any atom is 0.181 e. The fourth-order valence-corrected chi connectivity index (χ4v) is 2.58. The number of ether oxygens (including phenoxy) is 1. The molecule has 0 bridgehead atoms. The summed E-state index contributed by atoms with van der Waals surface area (Å²) in [4.78, 5) is 8.69. The summed E-state index contributed by atoms with van der Waals surface area (Å²) >= 11 is 3.44. The van der Waals surface area contributed by atoms with Gasteiger partial charge in [0.15, 0.2) is 11.5 Å². The smallest absolute Gasteiger partial charge is 0.181 e. The number of halogens is 1. The molecule has 2 aromatic heterocycles. The van der Waals surface area contributed by atoms with Crippen molar-refractivity contribution < 1.29 is 9.84 Å². The van der Waals surface area contributed by atoms with Crippen molar-refractivity contribution >= 4 is 33.1 Å². The van der Waals surface area contributed by atoms with E-state index in [9.17, 15) is 0 Å². The molecule has 3 rings (SSSR count). The van der Waals surface area contributed by atoms with Crippen LogP contribution in [0.5, 0.6) is 5.75 Å². The lowest BCUT2D eigenvalue weighted by atomic mass is 10.3. The van der Waals surface area contributed by atoms with Crippen molar-refractivity contribution in [2.75, 3.05) is 31.6 Å². The van der Waals surface area contributed by atoms with Crippen LogP contribution in [0.25, 0.3) is 5.65 Å². The lowest BCUT2D eigenvalue weighted by Gasteiger charge is -2.10. The largest absolute Gasteiger partial charge is 0.492 e. The highest BCUT2D eigenvalue weighted by Gasteiger charge is 2.07. The zero-order chi connectivity index (χ0) is 16.8. The van der Waals surface area contributed by atoms with Gasteiger partial charge < -0.3 is 20.5 Å². The molecule has 0 aliphatic heterocycles. The number of hydrogen-bond donors (Lipinski definition) is 3. The number of imidazole rings is 1. The molecule has 8 heteroatoms. The van der Waals surface area contributed by atoms with E-state index in [-0.39, 0.29) is 6.61 Å². The number of aliphatic hydroxyl groups excluding tert-OH is 1. The Labute approximate surface area is 147 Å². The first-order valence-electron chi connectivity index (χ1n) is 7.57. The molecule has 0 atom stereocenters. The Hall–Kier alpha value is -2.16. The monoisotopic (exact) mass is 391 g/mol. The predicted molar refractivity (Wildman–Crippen MR) is 95.9 cm³/mol. The molecule has 7 nitrogen and oxygen atoms in total. The van der Waals surface area contributed by atoms with Crippen LogP contribution in [0, 0.1) is 0 Å². The molecule has 0 aliphatic rings. The number of nitrogens with zero attached hydrogens (tertiary/aromatic N) is 3. The molecule has 126 valence electrons. The minimum atomic E-state index is 0.133. The van der Waals surface area contributed by atoms with Crippen LogP contribution in [0.15, 0.2) is 47.5 Å². The first-order chi connectivity index (χ1) is 11.8. The minimum absolute atomic E-state index is 0.133. The van der Waals surface area contributed by atoms with Crippen molar-refractivity contribution in [3.05, 3.63) is 47.5 Å². The molecule has 1 aromatic carbocycles. The summed E-state index contributed by atoms with van der Waals surface area (Å²) in [6.07, 6.45) is 5.33. The maximum atomic E-state index is 8.68. The summed E-state index contributed by atoms with van der Waals surface area (Å²) in [5.41, 5.74) is 1.65. The summed E-state index contributed by atoms with van der Waals surface area (Å²) in [6, 6.07) is 7.66. The van der Waals surface area contributed by atoms with E-state index < -0.39 is 0 Å². The van der Waals surface area contributed by atoms with Gasteiger partial charge in [-0.2, -0.15) is 0 Å². The molecule has 0 saturated heterocycles. The highest BCUT2D eigenvalue weighted by Crippen LogP contribution is 2.23. The molecule has 0 fully saturated rings. The molecule has 3 N–H and O–H groups in total. The molecule has 0 radical (unpaired) electrons. The van der Waals surface area contributed by atoms with E-state index in [1.54, 1.807) is 12.4 Å². The Bertz CT molecular complexity index is 791. The molecule has 24 heavy (non-hydrogen) atoms. The molecular weight excluding hydrogens is 374 g/mol. The van der Waals surface area contributed by atoms with Crippen molar-refractivity contribution in [2.45, 2.75) is 0 Å². The van der Waals surface area contributed by atoms with E-state index in [1.165, 1.54) is 0 Å². The van der Waals surface area contributed by atoms with Gasteiger partial charge in [-0.05, 0) is 40.2 Å². The Morgan fingerprint density at radius 2 is 2.00 bits per heavy atom. The highest BCUT2D eigenvalue weighted by molar-refractivity contribution is 9.10. The number of fused-ring (bicyclic) bond motifs is 1. The summed E-state index contributed by atoms with van der Waals surface area (Å²) in [7, 11) is 0. The predicted octanol–water partition coefficient (Wildman–Crippen LogP) is 2.20. The van der Waals surface area contributed by atoms with Crippen molar-refractivity contribution in [1.82, 2.24) is 19.7 Å². The van der Waals surface area contributed by atoms with Crippen molar-refractivity contribution in [3.8, 4) is 5.75 Å². The van der Waals surface area contributed by atoms with Gasteiger partial charge in [-0.1, -0.05) is 0 Å². The summed E-state index contributed by atoms with van der Waals surface area (Å²) in [5.74, 6) is 1.48. The van der Waals surface area contributed by atoms with E-state index >= 15 is 0 Å². The molecular formula is C16H18BrN5O2. The summed E-state index contributed by atoms with van der Waals surface area (Å²) in [5, 5.41) is 15.0. The number of benzene rings is 1. The van der Waals surface area contributed by atoms with E-state index in [0.717, 1.165) is 21.7 Å². The van der Waals surface area contributed by atoms with Gasteiger partial charge in [-0.3, -0.25) is 4.40 Å². The molecule has 2 heterocycles. The van der Waals surface area contributed by atoms with Crippen molar-refractivity contribution in [3.63, 3.8) is 0 Å². The zero-order valence-electron chi connectivity index (χ0n) is 12.9. The first-order valence-corrected chi connectivity index (χ1v) is 8.36. The fraction of sp³-hybridized carbons (Fsp3) is 0.250. The fourth-order valence-electron chi connectivity index (χ4n) is 2.19. The van der Waals surface area contributed by atoms with Crippen LogP contribution in [0.3, 0.4) is 0 Å². The number of nitrogens with one attached hydrogen (secondary N) is 2.